The Bertz CT molecular complexity index is 653. The van der Waals surface area contributed by atoms with E-state index >= 15 is 0 Å². The van der Waals surface area contributed by atoms with E-state index in [-0.39, 0.29) is 46.5 Å². The van der Waals surface area contributed by atoms with Crippen molar-refractivity contribution >= 4 is 38.1 Å². The Balaban J connectivity index is -0.000000420. The Morgan fingerprint density at radius 3 is 1.70 bits per heavy atom. The zero-order valence-electron chi connectivity index (χ0n) is 18.6. The molecule has 0 aromatic heterocycles. The molecule has 1 nitrogen and oxygen atoms in total. The summed E-state index contributed by atoms with van der Waals surface area (Å²) in [5.41, 5.74) is 5.39. The minimum Gasteiger partial charge on any atom is -0.508 e. The normalized spacial score (nSPS) is 16.2. The molecule has 0 aliphatic heterocycles. The van der Waals surface area contributed by atoms with Crippen LogP contribution in [-0.4, -0.2) is 13.2 Å². The molecule has 1 aliphatic carbocycles. The predicted octanol–water partition coefficient (Wildman–Crippen LogP) is 6.98. The van der Waals surface area contributed by atoms with Gasteiger partial charge in [-0.15, -0.1) is 31.7 Å². The van der Waals surface area contributed by atoms with Crippen molar-refractivity contribution in [1.82, 2.24) is 0 Å². The number of aromatic hydroxyl groups is 1. The number of hydrogen-bond donors (Lipinski definition) is 1. The summed E-state index contributed by atoms with van der Waals surface area (Å²) in [6, 6.07) is 5.97. The second kappa shape index (κ2) is 11.9. The Hall–Kier alpha value is 0.0112. The standard InChI is InChI=1S/C13H22OSi.C9H13.2ClH.Ti/c1-10-7-11(14)9-12(8-10)15(5,6)13(2,3)4;1-6-5-7(2)9(4)8(6)3;;;/h7-9,14H,1-6H3;6H,1-4H3;2*1H;/q;-1;;;. The smallest absolute Gasteiger partial charge is 0.115 e. The number of hydrogen-bond acceptors (Lipinski definition) is 1. The average Bonchev–Trinajstić information content (AvgIpc) is 2.64. The summed E-state index contributed by atoms with van der Waals surface area (Å²) in [5.74, 6) is 0.958. The molecule has 0 radical (unpaired) electrons. The molecule has 0 saturated carbocycles. The summed E-state index contributed by atoms with van der Waals surface area (Å²) in [7, 11) is -1.50. The van der Waals surface area contributed by atoms with Crippen LogP contribution in [-0.2, 0) is 21.7 Å². The number of rotatable bonds is 1. The molecule has 0 saturated heterocycles. The second-order valence-electron chi connectivity index (χ2n) is 8.73. The van der Waals surface area contributed by atoms with Crippen molar-refractivity contribution in [2.75, 3.05) is 0 Å². The zero-order valence-corrected chi connectivity index (χ0v) is 22.8. The van der Waals surface area contributed by atoms with Gasteiger partial charge in [0.05, 0.1) is 8.07 Å². The predicted molar refractivity (Wildman–Crippen MR) is 124 cm³/mol. The molecule has 0 fully saturated rings. The maximum Gasteiger partial charge on any atom is 0.115 e. The SMILES string of the molecule is CC1=[C-]C(C)C(C)=C1C.Cc1cc(O)cc([Si](C)(C)C(C)(C)C)c1.Cl.Cl.[Ti]. The van der Waals surface area contributed by atoms with Crippen molar-refractivity contribution in [3.8, 4) is 5.75 Å². The number of halogens is 2. The van der Waals surface area contributed by atoms with Crippen LogP contribution in [0.3, 0.4) is 0 Å². The van der Waals surface area contributed by atoms with Crippen LogP contribution in [0.4, 0.5) is 0 Å². The van der Waals surface area contributed by atoms with Crippen LogP contribution in [0.25, 0.3) is 0 Å². The van der Waals surface area contributed by atoms with Gasteiger partial charge < -0.3 is 5.11 Å². The van der Waals surface area contributed by atoms with Crippen molar-refractivity contribution in [3.63, 3.8) is 0 Å². The van der Waals surface area contributed by atoms with Gasteiger partial charge in [0.2, 0.25) is 0 Å². The number of allylic oxidation sites excluding steroid dienone is 4. The molecule has 1 aliphatic rings. The first kappa shape index (κ1) is 31.7. The molecule has 0 amide bonds. The van der Waals surface area contributed by atoms with Crippen LogP contribution in [0.2, 0.25) is 18.1 Å². The van der Waals surface area contributed by atoms with E-state index in [4.69, 9.17) is 0 Å². The third-order valence-corrected chi connectivity index (χ3v) is 11.4. The molecular formula is C22H37Cl2OSiTi-. The fraction of sp³-hybridized carbons (Fsp3) is 0.545. The topological polar surface area (TPSA) is 20.2 Å². The minimum atomic E-state index is -1.50. The van der Waals surface area contributed by atoms with E-state index in [0.717, 1.165) is 5.56 Å². The molecule has 27 heavy (non-hydrogen) atoms. The average molecular weight is 464 g/mol. The van der Waals surface area contributed by atoms with Crippen LogP contribution in [0, 0.1) is 18.9 Å². The molecule has 1 N–H and O–H groups in total. The molecule has 154 valence electrons. The Kier molecular flexibility index (Phi) is 13.9. The molecule has 1 unspecified atom stereocenters. The van der Waals surface area contributed by atoms with E-state index < -0.39 is 8.07 Å². The summed E-state index contributed by atoms with van der Waals surface area (Å²) in [5, 5.41) is 11.3. The van der Waals surface area contributed by atoms with E-state index in [1.807, 2.05) is 19.1 Å². The van der Waals surface area contributed by atoms with Crippen molar-refractivity contribution in [3.05, 3.63) is 46.6 Å². The molecule has 0 bridgehead atoms. The fourth-order valence-electron chi connectivity index (χ4n) is 2.72. The fourth-order valence-corrected chi connectivity index (χ4v) is 4.68. The number of aryl methyl sites for hydroxylation is 1. The van der Waals surface area contributed by atoms with E-state index in [9.17, 15) is 5.11 Å². The minimum absolute atomic E-state index is 0. The van der Waals surface area contributed by atoms with Gasteiger partial charge in [0.15, 0.2) is 0 Å². The molecule has 0 heterocycles. The van der Waals surface area contributed by atoms with Gasteiger partial charge >= 0.3 is 0 Å². The van der Waals surface area contributed by atoms with Gasteiger partial charge in [-0.3, -0.25) is 6.08 Å². The van der Waals surface area contributed by atoms with Gasteiger partial charge in [0, 0.05) is 21.7 Å². The number of benzene rings is 1. The van der Waals surface area contributed by atoms with Crippen molar-refractivity contribution in [2.45, 2.75) is 73.5 Å². The maximum atomic E-state index is 9.65. The summed E-state index contributed by atoms with van der Waals surface area (Å²) < 4.78 is 0. The number of phenolic OH excluding ortho intramolecular Hbond substituents is 1. The quantitative estimate of drug-likeness (QED) is 0.351. The molecule has 1 atom stereocenters. The van der Waals surface area contributed by atoms with Gasteiger partial charge in [-0.05, 0) is 29.7 Å². The first-order valence-electron chi connectivity index (χ1n) is 8.86. The summed E-state index contributed by atoms with van der Waals surface area (Å²) in [4.78, 5) is 0. The second-order valence-corrected chi connectivity index (χ2v) is 14.1. The van der Waals surface area contributed by atoms with Gasteiger partial charge in [0.25, 0.3) is 0 Å². The van der Waals surface area contributed by atoms with Crippen LogP contribution in [0.1, 0.15) is 54.0 Å². The van der Waals surface area contributed by atoms with Gasteiger partial charge in [0.1, 0.15) is 5.75 Å². The Morgan fingerprint density at radius 2 is 1.44 bits per heavy atom. The van der Waals surface area contributed by atoms with E-state index in [1.54, 1.807) is 0 Å². The summed E-state index contributed by atoms with van der Waals surface area (Å²) in [6.45, 7) is 22.3. The molecule has 0 spiro atoms. The molecule has 2 rings (SSSR count). The first-order chi connectivity index (χ1) is 10.8. The van der Waals surface area contributed by atoms with Crippen LogP contribution < -0.4 is 5.19 Å². The maximum absolute atomic E-state index is 9.65. The monoisotopic (exact) mass is 463 g/mol. The number of phenols is 1. The Labute approximate surface area is 195 Å². The van der Waals surface area contributed by atoms with Crippen molar-refractivity contribution in [1.29, 1.82) is 0 Å². The molecule has 5 heteroatoms. The summed E-state index contributed by atoms with van der Waals surface area (Å²) in [6.07, 6.45) is 3.36. The molecule has 1 aromatic rings. The van der Waals surface area contributed by atoms with Crippen LogP contribution in [0.5, 0.6) is 5.75 Å². The zero-order chi connectivity index (χ0) is 18.9. The third-order valence-electron chi connectivity index (χ3n) is 5.90. The Morgan fingerprint density at radius 1 is 0.963 bits per heavy atom. The largest absolute Gasteiger partial charge is 0.508 e. The van der Waals surface area contributed by atoms with E-state index in [2.05, 4.69) is 73.7 Å². The van der Waals surface area contributed by atoms with Gasteiger partial charge in [-0.2, -0.15) is 11.1 Å². The van der Waals surface area contributed by atoms with Crippen LogP contribution >= 0.6 is 24.8 Å². The van der Waals surface area contributed by atoms with Crippen LogP contribution in [0.15, 0.2) is 34.9 Å². The summed E-state index contributed by atoms with van der Waals surface area (Å²) >= 11 is 0. The van der Waals surface area contributed by atoms with Gasteiger partial charge in [-0.1, -0.05) is 71.8 Å². The molecular weight excluding hydrogens is 427 g/mol. The van der Waals surface area contributed by atoms with Crippen molar-refractivity contribution in [2.24, 2.45) is 5.92 Å². The first-order valence-corrected chi connectivity index (χ1v) is 11.9. The van der Waals surface area contributed by atoms with Crippen molar-refractivity contribution < 1.29 is 26.8 Å². The molecule has 1 aromatic carbocycles. The van der Waals surface area contributed by atoms with E-state index in [0.29, 0.717) is 16.7 Å². The van der Waals surface area contributed by atoms with E-state index in [1.165, 1.54) is 21.9 Å². The third kappa shape index (κ3) is 8.11. The van der Waals surface area contributed by atoms with Gasteiger partial charge in [-0.25, -0.2) is 5.57 Å².